The zero-order valence-electron chi connectivity index (χ0n) is 10.9. The maximum Gasteiger partial charge on any atom is 0.0837 e. The first-order valence-electron chi connectivity index (χ1n) is 6.22. The van der Waals surface area contributed by atoms with Gasteiger partial charge >= 0.3 is 0 Å². The summed E-state index contributed by atoms with van der Waals surface area (Å²) in [6, 6.07) is 0. The second-order valence-corrected chi connectivity index (χ2v) is 5.50. The Labute approximate surface area is 94.3 Å². The van der Waals surface area contributed by atoms with Crippen molar-refractivity contribution in [3.8, 4) is 0 Å². The van der Waals surface area contributed by atoms with Gasteiger partial charge in [-0.2, -0.15) is 0 Å². The highest BCUT2D eigenvalue weighted by Crippen LogP contribution is 2.29. The van der Waals surface area contributed by atoms with Crippen molar-refractivity contribution >= 4 is 0 Å². The molecule has 1 heterocycles. The lowest BCUT2D eigenvalue weighted by molar-refractivity contribution is -0.0627. The van der Waals surface area contributed by atoms with Crippen LogP contribution >= 0.6 is 0 Å². The Morgan fingerprint density at radius 1 is 1.40 bits per heavy atom. The summed E-state index contributed by atoms with van der Waals surface area (Å²) < 4.78 is 11.4. The van der Waals surface area contributed by atoms with Crippen molar-refractivity contribution in [2.75, 3.05) is 13.2 Å². The van der Waals surface area contributed by atoms with Gasteiger partial charge in [0, 0.05) is 6.42 Å². The third kappa shape index (κ3) is 4.52. The molecule has 0 spiro atoms. The maximum atomic E-state index is 6.07. The van der Waals surface area contributed by atoms with Crippen LogP contribution in [0.5, 0.6) is 0 Å². The quantitative estimate of drug-likeness (QED) is 0.607. The van der Waals surface area contributed by atoms with Crippen LogP contribution in [0.1, 0.15) is 47.5 Å². The standard InChI is InChI=1S/C13H26O2/c1-6-13(5,7-12-9-14-12)15-8-11(4)10(2)3/h10-12H,6-9H2,1-5H3. The second kappa shape index (κ2) is 5.31. The van der Waals surface area contributed by atoms with Crippen molar-refractivity contribution in [3.05, 3.63) is 0 Å². The Morgan fingerprint density at radius 2 is 2.00 bits per heavy atom. The van der Waals surface area contributed by atoms with Crippen LogP contribution in [-0.4, -0.2) is 24.9 Å². The van der Waals surface area contributed by atoms with Gasteiger partial charge in [-0.05, 0) is 25.2 Å². The number of hydrogen-bond donors (Lipinski definition) is 0. The number of hydrogen-bond acceptors (Lipinski definition) is 2. The number of epoxide rings is 1. The summed E-state index contributed by atoms with van der Waals surface area (Å²) in [5.74, 6) is 1.33. The average molecular weight is 214 g/mol. The Morgan fingerprint density at radius 3 is 2.40 bits per heavy atom. The minimum Gasteiger partial charge on any atom is -0.375 e. The van der Waals surface area contributed by atoms with Crippen molar-refractivity contribution in [3.63, 3.8) is 0 Å². The molecule has 1 aliphatic rings. The van der Waals surface area contributed by atoms with Crippen molar-refractivity contribution in [1.82, 2.24) is 0 Å². The Bertz CT molecular complexity index is 187. The van der Waals surface area contributed by atoms with E-state index in [-0.39, 0.29) is 5.60 Å². The van der Waals surface area contributed by atoms with Crippen LogP contribution in [0.2, 0.25) is 0 Å². The van der Waals surface area contributed by atoms with E-state index in [1.54, 1.807) is 0 Å². The van der Waals surface area contributed by atoms with Crippen LogP contribution < -0.4 is 0 Å². The van der Waals surface area contributed by atoms with E-state index in [1.807, 2.05) is 0 Å². The molecule has 3 atom stereocenters. The van der Waals surface area contributed by atoms with E-state index in [2.05, 4.69) is 34.6 Å². The van der Waals surface area contributed by atoms with Gasteiger partial charge in [0.1, 0.15) is 0 Å². The molecule has 1 fully saturated rings. The highest BCUT2D eigenvalue weighted by atomic mass is 16.6. The summed E-state index contributed by atoms with van der Waals surface area (Å²) >= 11 is 0. The van der Waals surface area contributed by atoms with Gasteiger partial charge in [0.25, 0.3) is 0 Å². The summed E-state index contributed by atoms with van der Waals surface area (Å²) in [6.07, 6.45) is 2.58. The highest BCUT2D eigenvalue weighted by molar-refractivity contribution is 4.83. The molecule has 15 heavy (non-hydrogen) atoms. The molecule has 0 bridgehead atoms. The summed E-state index contributed by atoms with van der Waals surface area (Å²) in [6.45, 7) is 13.0. The third-order valence-corrected chi connectivity index (χ3v) is 3.64. The van der Waals surface area contributed by atoms with E-state index in [1.165, 1.54) is 0 Å². The largest absolute Gasteiger partial charge is 0.375 e. The molecule has 1 aliphatic heterocycles. The minimum atomic E-state index is 0.0182. The molecule has 0 radical (unpaired) electrons. The van der Waals surface area contributed by atoms with Crippen molar-refractivity contribution in [1.29, 1.82) is 0 Å². The van der Waals surface area contributed by atoms with Gasteiger partial charge in [0.05, 0.1) is 24.9 Å². The molecular weight excluding hydrogens is 188 g/mol. The van der Waals surface area contributed by atoms with Crippen LogP contribution in [0.3, 0.4) is 0 Å². The predicted molar refractivity (Wildman–Crippen MR) is 63.0 cm³/mol. The molecule has 0 aromatic rings. The molecule has 90 valence electrons. The van der Waals surface area contributed by atoms with Crippen LogP contribution in [0.25, 0.3) is 0 Å². The van der Waals surface area contributed by atoms with Gasteiger partial charge in [-0.15, -0.1) is 0 Å². The minimum absolute atomic E-state index is 0.0182. The second-order valence-electron chi connectivity index (χ2n) is 5.50. The molecule has 1 saturated heterocycles. The monoisotopic (exact) mass is 214 g/mol. The molecular formula is C13H26O2. The predicted octanol–water partition coefficient (Wildman–Crippen LogP) is 3.25. The number of rotatable bonds is 7. The Balaban J connectivity index is 2.30. The average Bonchev–Trinajstić information content (AvgIpc) is 2.98. The molecule has 3 unspecified atom stereocenters. The van der Waals surface area contributed by atoms with Gasteiger partial charge in [-0.1, -0.05) is 27.7 Å². The SMILES string of the molecule is CCC(C)(CC1CO1)OCC(C)C(C)C. The molecule has 0 amide bonds. The fourth-order valence-electron chi connectivity index (χ4n) is 1.50. The summed E-state index contributed by atoms with van der Waals surface area (Å²) in [5.41, 5.74) is 0.0182. The molecule has 0 N–H and O–H groups in total. The summed E-state index contributed by atoms with van der Waals surface area (Å²) in [4.78, 5) is 0. The normalized spacial score (nSPS) is 26.4. The fraction of sp³-hybridized carbons (Fsp3) is 1.00. The lowest BCUT2D eigenvalue weighted by Gasteiger charge is -2.30. The topological polar surface area (TPSA) is 21.8 Å². The van der Waals surface area contributed by atoms with E-state index >= 15 is 0 Å². The van der Waals surface area contributed by atoms with E-state index in [0.29, 0.717) is 17.9 Å². The molecule has 2 heteroatoms. The van der Waals surface area contributed by atoms with Crippen molar-refractivity contribution < 1.29 is 9.47 Å². The Kier molecular flexibility index (Phi) is 4.60. The van der Waals surface area contributed by atoms with Gasteiger partial charge < -0.3 is 9.47 Å². The van der Waals surface area contributed by atoms with Gasteiger partial charge in [0.15, 0.2) is 0 Å². The van der Waals surface area contributed by atoms with E-state index in [0.717, 1.165) is 26.1 Å². The van der Waals surface area contributed by atoms with Crippen LogP contribution in [0.4, 0.5) is 0 Å². The molecule has 2 nitrogen and oxygen atoms in total. The molecule has 1 rings (SSSR count). The van der Waals surface area contributed by atoms with Gasteiger partial charge in [-0.3, -0.25) is 0 Å². The van der Waals surface area contributed by atoms with Gasteiger partial charge in [0.2, 0.25) is 0 Å². The number of ether oxygens (including phenoxy) is 2. The van der Waals surface area contributed by atoms with Gasteiger partial charge in [-0.25, -0.2) is 0 Å². The fourth-order valence-corrected chi connectivity index (χ4v) is 1.50. The Hall–Kier alpha value is -0.0800. The molecule has 0 saturated carbocycles. The van der Waals surface area contributed by atoms with Crippen LogP contribution in [0, 0.1) is 11.8 Å². The zero-order chi connectivity index (χ0) is 11.5. The van der Waals surface area contributed by atoms with E-state index in [4.69, 9.17) is 9.47 Å². The molecule has 0 aromatic heterocycles. The first-order valence-corrected chi connectivity index (χ1v) is 6.22. The zero-order valence-corrected chi connectivity index (χ0v) is 10.9. The smallest absolute Gasteiger partial charge is 0.0837 e. The van der Waals surface area contributed by atoms with Crippen LogP contribution in [-0.2, 0) is 9.47 Å². The third-order valence-electron chi connectivity index (χ3n) is 3.64. The molecule has 0 aromatic carbocycles. The van der Waals surface area contributed by atoms with Crippen LogP contribution in [0.15, 0.2) is 0 Å². The van der Waals surface area contributed by atoms with E-state index < -0.39 is 0 Å². The van der Waals surface area contributed by atoms with Crippen molar-refractivity contribution in [2.45, 2.75) is 59.2 Å². The lowest BCUT2D eigenvalue weighted by atomic mass is 9.95. The van der Waals surface area contributed by atoms with Crippen molar-refractivity contribution in [2.24, 2.45) is 11.8 Å². The molecule has 0 aliphatic carbocycles. The first-order chi connectivity index (χ1) is 6.97. The summed E-state index contributed by atoms with van der Waals surface area (Å²) in [5, 5.41) is 0. The summed E-state index contributed by atoms with van der Waals surface area (Å²) in [7, 11) is 0. The van der Waals surface area contributed by atoms with E-state index in [9.17, 15) is 0 Å². The highest BCUT2D eigenvalue weighted by Gasteiger charge is 2.34. The first kappa shape index (κ1) is 13.0. The maximum absolute atomic E-state index is 6.07. The lowest BCUT2D eigenvalue weighted by Crippen LogP contribution is -2.32.